The van der Waals surface area contributed by atoms with Gasteiger partial charge in [0.15, 0.2) is 5.82 Å². The van der Waals surface area contributed by atoms with E-state index in [0.717, 1.165) is 10.4 Å². The van der Waals surface area contributed by atoms with Crippen LogP contribution in [0, 0.1) is 0 Å². The first-order valence-corrected chi connectivity index (χ1v) is 7.14. The largest absolute Gasteiger partial charge is 0.495 e. The number of ether oxygens (including phenoxy) is 1. The molecule has 3 aromatic rings. The Hall–Kier alpha value is -2.60. The van der Waals surface area contributed by atoms with E-state index in [1.807, 2.05) is 23.6 Å². The van der Waals surface area contributed by atoms with Gasteiger partial charge in [0.25, 0.3) is 5.56 Å². The summed E-state index contributed by atoms with van der Waals surface area (Å²) in [6.45, 7) is 0. The van der Waals surface area contributed by atoms with Crippen molar-refractivity contribution in [3.8, 4) is 27.7 Å². The van der Waals surface area contributed by atoms with Crippen molar-refractivity contribution in [2.24, 2.45) is 0 Å². The molecule has 5 nitrogen and oxygen atoms in total. The second-order valence-electron chi connectivity index (χ2n) is 4.41. The summed E-state index contributed by atoms with van der Waals surface area (Å²) in [5.74, 6) is 1.16. The van der Waals surface area contributed by atoms with Gasteiger partial charge in [-0.1, -0.05) is 6.07 Å². The van der Waals surface area contributed by atoms with Gasteiger partial charge in [-0.15, -0.1) is 11.3 Å². The summed E-state index contributed by atoms with van der Waals surface area (Å²) in [4.78, 5) is 20.0. The number of H-pyrrole nitrogens is 1. The van der Waals surface area contributed by atoms with Crippen molar-refractivity contribution in [3.05, 3.63) is 52.1 Å². The molecule has 1 aromatic carbocycles. The third-order valence-electron chi connectivity index (χ3n) is 3.02. The number of nitrogens with zero attached hydrogens (tertiary/aromatic N) is 1. The minimum atomic E-state index is -0.196. The molecule has 6 heteroatoms. The number of benzene rings is 1. The summed E-state index contributed by atoms with van der Waals surface area (Å²) in [6, 6.07) is 10.6. The van der Waals surface area contributed by atoms with E-state index < -0.39 is 0 Å². The van der Waals surface area contributed by atoms with Crippen LogP contribution in [0.25, 0.3) is 22.0 Å². The highest BCUT2D eigenvalue weighted by molar-refractivity contribution is 7.13. The fourth-order valence-electron chi connectivity index (χ4n) is 2.03. The number of methoxy groups -OCH3 is 1. The topological polar surface area (TPSA) is 81.0 Å². The highest BCUT2D eigenvalue weighted by Gasteiger charge is 2.08. The van der Waals surface area contributed by atoms with Crippen molar-refractivity contribution in [2.75, 3.05) is 12.8 Å². The van der Waals surface area contributed by atoms with E-state index in [4.69, 9.17) is 10.5 Å². The minimum absolute atomic E-state index is 0.196. The van der Waals surface area contributed by atoms with Crippen molar-refractivity contribution in [1.29, 1.82) is 0 Å². The van der Waals surface area contributed by atoms with Crippen LogP contribution in [0.3, 0.4) is 0 Å². The van der Waals surface area contributed by atoms with Crippen LogP contribution in [0.1, 0.15) is 0 Å². The van der Waals surface area contributed by atoms with Gasteiger partial charge in [-0.25, -0.2) is 4.98 Å². The molecule has 3 rings (SSSR count). The summed E-state index contributed by atoms with van der Waals surface area (Å²) in [5, 5.41) is 1.94. The Labute approximate surface area is 125 Å². The summed E-state index contributed by atoms with van der Waals surface area (Å²) in [7, 11) is 1.56. The summed E-state index contributed by atoms with van der Waals surface area (Å²) in [6.07, 6.45) is 0. The quantitative estimate of drug-likeness (QED) is 0.729. The number of aromatic nitrogens is 2. The zero-order valence-electron chi connectivity index (χ0n) is 11.3. The van der Waals surface area contributed by atoms with Crippen LogP contribution in [0.5, 0.6) is 5.75 Å². The number of rotatable bonds is 3. The number of hydrogen-bond donors (Lipinski definition) is 2. The summed E-state index contributed by atoms with van der Waals surface area (Å²) >= 11 is 1.52. The number of thiophene rings is 1. The van der Waals surface area contributed by atoms with Gasteiger partial charge in [0.2, 0.25) is 0 Å². The molecule has 0 atom stereocenters. The van der Waals surface area contributed by atoms with Crippen LogP contribution in [0.2, 0.25) is 0 Å². The Bertz CT molecular complexity index is 825. The maximum absolute atomic E-state index is 11.8. The zero-order valence-corrected chi connectivity index (χ0v) is 12.1. The van der Waals surface area contributed by atoms with Gasteiger partial charge in [0, 0.05) is 11.6 Å². The number of nitrogens with one attached hydrogen (secondary N) is 1. The Balaban J connectivity index is 2.11. The van der Waals surface area contributed by atoms with Crippen LogP contribution in [0.4, 0.5) is 5.69 Å². The second kappa shape index (κ2) is 5.41. The highest BCUT2D eigenvalue weighted by atomic mass is 32.1. The van der Waals surface area contributed by atoms with Crippen LogP contribution >= 0.6 is 11.3 Å². The predicted octanol–water partition coefficient (Wildman–Crippen LogP) is 2.76. The van der Waals surface area contributed by atoms with E-state index in [-0.39, 0.29) is 5.56 Å². The lowest BCUT2D eigenvalue weighted by molar-refractivity contribution is 0.417. The summed E-state index contributed by atoms with van der Waals surface area (Å²) in [5.41, 5.74) is 7.57. The molecule has 0 bridgehead atoms. The molecular formula is C15H13N3O2S. The average Bonchev–Trinajstić information content (AvgIpc) is 3.01. The standard InChI is InChI=1S/C15H13N3O2S/c1-20-12-5-4-9(7-10(12)16)11-8-14(19)18-15(17-11)13-3-2-6-21-13/h2-8H,16H2,1H3,(H,17,18,19). The van der Waals surface area contributed by atoms with Crippen LogP contribution in [-0.2, 0) is 0 Å². The minimum Gasteiger partial charge on any atom is -0.495 e. The van der Waals surface area contributed by atoms with Gasteiger partial charge in [0.1, 0.15) is 5.75 Å². The molecule has 0 saturated carbocycles. The van der Waals surface area contributed by atoms with Crippen molar-refractivity contribution >= 4 is 17.0 Å². The lowest BCUT2D eigenvalue weighted by atomic mass is 10.1. The maximum Gasteiger partial charge on any atom is 0.251 e. The first-order valence-electron chi connectivity index (χ1n) is 6.26. The number of nitrogens with two attached hydrogens (primary N) is 1. The monoisotopic (exact) mass is 299 g/mol. The Morgan fingerprint density at radius 3 is 2.81 bits per heavy atom. The van der Waals surface area contributed by atoms with E-state index in [0.29, 0.717) is 23.0 Å². The predicted molar refractivity (Wildman–Crippen MR) is 84.6 cm³/mol. The van der Waals surface area contributed by atoms with Gasteiger partial charge in [-0.2, -0.15) is 0 Å². The van der Waals surface area contributed by atoms with E-state index in [9.17, 15) is 4.79 Å². The molecule has 0 aliphatic carbocycles. The number of nitrogen functional groups attached to an aromatic ring is 1. The second-order valence-corrected chi connectivity index (χ2v) is 5.36. The SMILES string of the molecule is COc1ccc(-c2cc(=O)[nH]c(-c3cccs3)n2)cc1N. The van der Waals surface area contributed by atoms with E-state index >= 15 is 0 Å². The lowest BCUT2D eigenvalue weighted by Gasteiger charge is -2.07. The number of aromatic amines is 1. The molecule has 0 radical (unpaired) electrons. The van der Waals surface area contributed by atoms with Gasteiger partial charge >= 0.3 is 0 Å². The Kier molecular flexibility index (Phi) is 3.45. The number of anilines is 1. The third kappa shape index (κ3) is 2.66. The van der Waals surface area contributed by atoms with Crippen molar-refractivity contribution in [2.45, 2.75) is 0 Å². The molecule has 0 spiro atoms. The Morgan fingerprint density at radius 2 is 2.14 bits per heavy atom. The summed E-state index contributed by atoms with van der Waals surface area (Å²) < 4.78 is 5.13. The molecule has 0 aliphatic heterocycles. The first kappa shape index (κ1) is 13.4. The highest BCUT2D eigenvalue weighted by Crippen LogP contribution is 2.28. The molecule has 0 saturated heterocycles. The van der Waals surface area contributed by atoms with Crippen molar-refractivity contribution < 1.29 is 4.74 Å². The fraction of sp³-hybridized carbons (Fsp3) is 0.0667. The van der Waals surface area contributed by atoms with Gasteiger partial charge in [0.05, 0.1) is 23.4 Å². The zero-order chi connectivity index (χ0) is 14.8. The maximum atomic E-state index is 11.8. The molecule has 0 aliphatic rings. The van der Waals surface area contributed by atoms with E-state index in [1.165, 1.54) is 17.4 Å². The molecule has 2 aromatic heterocycles. The van der Waals surface area contributed by atoms with Crippen LogP contribution < -0.4 is 16.0 Å². The smallest absolute Gasteiger partial charge is 0.251 e. The Morgan fingerprint density at radius 1 is 1.29 bits per heavy atom. The third-order valence-corrected chi connectivity index (χ3v) is 3.90. The van der Waals surface area contributed by atoms with E-state index in [1.54, 1.807) is 19.2 Å². The first-order chi connectivity index (χ1) is 10.2. The fourth-order valence-corrected chi connectivity index (χ4v) is 2.70. The molecule has 0 unspecified atom stereocenters. The number of hydrogen-bond acceptors (Lipinski definition) is 5. The normalized spacial score (nSPS) is 10.5. The molecular weight excluding hydrogens is 286 g/mol. The van der Waals surface area contributed by atoms with Crippen molar-refractivity contribution in [1.82, 2.24) is 9.97 Å². The van der Waals surface area contributed by atoms with Crippen LogP contribution in [0.15, 0.2) is 46.6 Å². The molecule has 106 valence electrons. The molecule has 3 N–H and O–H groups in total. The van der Waals surface area contributed by atoms with Crippen molar-refractivity contribution in [3.63, 3.8) is 0 Å². The van der Waals surface area contributed by atoms with Gasteiger partial charge in [-0.05, 0) is 29.6 Å². The van der Waals surface area contributed by atoms with Crippen LogP contribution in [-0.4, -0.2) is 17.1 Å². The van der Waals surface area contributed by atoms with Gasteiger partial charge in [-0.3, -0.25) is 4.79 Å². The molecule has 0 amide bonds. The average molecular weight is 299 g/mol. The van der Waals surface area contributed by atoms with E-state index in [2.05, 4.69) is 9.97 Å². The molecule has 21 heavy (non-hydrogen) atoms. The van der Waals surface area contributed by atoms with Gasteiger partial charge < -0.3 is 15.5 Å². The molecule has 0 fully saturated rings. The lowest BCUT2D eigenvalue weighted by Crippen LogP contribution is -2.08. The molecule has 2 heterocycles.